The Morgan fingerprint density at radius 1 is 1.54 bits per heavy atom. The lowest BCUT2D eigenvalue weighted by atomic mass is 10.2. The van der Waals surface area contributed by atoms with Crippen molar-refractivity contribution in [1.82, 2.24) is 9.78 Å². The standard InChI is InChI=1S/C9H9BrN2O/c1-2-12-8-5-6(10)3-4-7(8)9(13)11-12/h3-5H,2H2,1H3,(H,11,13). The van der Waals surface area contributed by atoms with Gasteiger partial charge in [-0.1, -0.05) is 15.9 Å². The topological polar surface area (TPSA) is 37.8 Å². The van der Waals surface area contributed by atoms with Crippen LogP contribution in [-0.4, -0.2) is 9.78 Å². The molecule has 0 bridgehead atoms. The third-order valence-corrected chi connectivity index (χ3v) is 2.54. The van der Waals surface area contributed by atoms with Crippen molar-refractivity contribution in [2.45, 2.75) is 13.5 Å². The summed E-state index contributed by atoms with van der Waals surface area (Å²) in [6.07, 6.45) is 0. The third kappa shape index (κ3) is 1.31. The monoisotopic (exact) mass is 240 g/mol. The number of hydrogen-bond acceptors (Lipinski definition) is 1. The van der Waals surface area contributed by atoms with Gasteiger partial charge in [-0.2, -0.15) is 0 Å². The maximum absolute atomic E-state index is 11.4. The molecule has 1 aromatic carbocycles. The number of rotatable bonds is 1. The molecule has 68 valence electrons. The second-order valence-electron chi connectivity index (χ2n) is 2.85. The Balaban J connectivity index is 2.89. The summed E-state index contributed by atoms with van der Waals surface area (Å²) in [5.41, 5.74) is 0.922. The Bertz CT molecular complexity index is 498. The number of aromatic nitrogens is 2. The smallest absolute Gasteiger partial charge is 0.271 e. The summed E-state index contributed by atoms with van der Waals surface area (Å²) >= 11 is 3.38. The van der Waals surface area contributed by atoms with Crippen molar-refractivity contribution in [3.8, 4) is 0 Å². The van der Waals surface area contributed by atoms with Crippen molar-refractivity contribution in [1.29, 1.82) is 0 Å². The summed E-state index contributed by atoms with van der Waals surface area (Å²) in [7, 11) is 0. The minimum atomic E-state index is -0.0237. The molecule has 1 N–H and O–H groups in total. The molecular weight excluding hydrogens is 232 g/mol. The van der Waals surface area contributed by atoms with Gasteiger partial charge in [0.15, 0.2) is 0 Å². The summed E-state index contributed by atoms with van der Waals surface area (Å²) in [5.74, 6) is 0. The van der Waals surface area contributed by atoms with E-state index in [9.17, 15) is 4.79 Å². The van der Waals surface area contributed by atoms with Gasteiger partial charge in [0.05, 0.1) is 10.9 Å². The van der Waals surface area contributed by atoms with Crippen LogP contribution < -0.4 is 5.56 Å². The summed E-state index contributed by atoms with van der Waals surface area (Å²) < 4.78 is 2.82. The molecule has 0 aliphatic heterocycles. The first-order valence-corrected chi connectivity index (χ1v) is 4.89. The minimum absolute atomic E-state index is 0.0237. The summed E-state index contributed by atoms with van der Waals surface area (Å²) in [6, 6.07) is 5.64. The molecule has 0 radical (unpaired) electrons. The van der Waals surface area contributed by atoms with E-state index in [1.165, 1.54) is 0 Å². The van der Waals surface area contributed by atoms with Crippen LogP contribution in [0.15, 0.2) is 27.5 Å². The molecule has 0 saturated carbocycles. The number of H-pyrrole nitrogens is 1. The molecular formula is C9H9BrN2O. The van der Waals surface area contributed by atoms with Gasteiger partial charge in [0.25, 0.3) is 5.56 Å². The Labute approximate surface area is 83.5 Å². The maximum Gasteiger partial charge on any atom is 0.271 e. The van der Waals surface area contributed by atoms with Gasteiger partial charge in [0.2, 0.25) is 0 Å². The number of hydrogen-bond donors (Lipinski definition) is 1. The fraction of sp³-hybridized carbons (Fsp3) is 0.222. The van der Waals surface area contributed by atoms with Crippen LogP contribution >= 0.6 is 15.9 Å². The van der Waals surface area contributed by atoms with Crippen LogP contribution in [-0.2, 0) is 6.54 Å². The van der Waals surface area contributed by atoms with Crippen LogP contribution in [0.5, 0.6) is 0 Å². The molecule has 0 amide bonds. The third-order valence-electron chi connectivity index (χ3n) is 2.05. The average molecular weight is 241 g/mol. The Kier molecular flexibility index (Phi) is 2.00. The van der Waals surface area contributed by atoms with Crippen molar-refractivity contribution in [3.05, 3.63) is 33.0 Å². The number of nitrogens with one attached hydrogen (secondary N) is 1. The predicted octanol–water partition coefficient (Wildman–Crippen LogP) is 2.11. The average Bonchev–Trinajstić information content (AvgIpc) is 2.42. The molecule has 0 spiro atoms. The van der Waals surface area contributed by atoms with E-state index in [1.807, 2.05) is 29.8 Å². The van der Waals surface area contributed by atoms with Gasteiger partial charge in [-0.3, -0.25) is 14.6 Å². The van der Waals surface area contributed by atoms with Crippen molar-refractivity contribution in [3.63, 3.8) is 0 Å². The van der Waals surface area contributed by atoms with Crippen LogP contribution in [0.3, 0.4) is 0 Å². The van der Waals surface area contributed by atoms with Gasteiger partial charge in [0.1, 0.15) is 0 Å². The number of aromatic amines is 1. The zero-order valence-corrected chi connectivity index (χ0v) is 8.76. The Hall–Kier alpha value is -1.03. The fourth-order valence-electron chi connectivity index (χ4n) is 1.41. The number of fused-ring (bicyclic) bond motifs is 1. The fourth-order valence-corrected chi connectivity index (χ4v) is 1.76. The molecule has 0 unspecified atom stereocenters. The van der Waals surface area contributed by atoms with E-state index in [1.54, 1.807) is 0 Å². The van der Waals surface area contributed by atoms with Gasteiger partial charge in [-0.25, -0.2) is 0 Å². The molecule has 0 aliphatic rings. The molecule has 1 aromatic heterocycles. The summed E-state index contributed by atoms with van der Waals surface area (Å²) in [6.45, 7) is 2.77. The van der Waals surface area contributed by atoms with Gasteiger partial charge >= 0.3 is 0 Å². The zero-order valence-electron chi connectivity index (χ0n) is 7.17. The lowest BCUT2D eigenvalue weighted by Gasteiger charge is -1.98. The van der Waals surface area contributed by atoms with E-state index < -0.39 is 0 Å². The largest absolute Gasteiger partial charge is 0.285 e. The van der Waals surface area contributed by atoms with Crippen molar-refractivity contribution < 1.29 is 0 Å². The second-order valence-corrected chi connectivity index (χ2v) is 3.76. The van der Waals surface area contributed by atoms with Crippen LogP contribution in [0.25, 0.3) is 10.9 Å². The molecule has 1 heterocycles. The molecule has 0 fully saturated rings. The van der Waals surface area contributed by atoms with Gasteiger partial charge < -0.3 is 0 Å². The maximum atomic E-state index is 11.4. The molecule has 0 aliphatic carbocycles. The first-order chi connectivity index (χ1) is 6.22. The van der Waals surface area contributed by atoms with E-state index in [4.69, 9.17) is 0 Å². The first-order valence-electron chi connectivity index (χ1n) is 4.10. The van der Waals surface area contributed by atoms with E-state index in [-0.39, 0.29) is 5.56 Å². The van der Waals surface area contributed by atoms with Crippen molar-refractivity contribution in [2.24, 2.45) is 0 Å². The number of nitrogens with zero attached hydrogens (tertiary/aromatic N) is 1. The normalized spacial score (nSPS) is 10.9. The number of benzene rings is 1. The lowest BCUT2D eigenvalue weighted by Crippen LogP contribution is -2.03. The lowest BCUT2D eigenvalue weighted by molar-refractivity contribution is 0.675. The van der Waals surface area contributed by atoms with Crippen LogP contribution in [0.1, 0.15) is 6.92 Å². The SMILES string of the molecule is CCn1[nH]c(=O)c2ccc(Br)cc21. The van der Waals surface area contributed by atoms with Crippen LogP contribution in [0.2, 0.25) is 0 Å². The highest BCUT2D eigenvalue weighted by Gasteiger charge is 2.04. The quantitative estimate of drug-likeness (QED) is 0.815. The number of halogens is 1. The molecule has 3 nitrogen and oxygen atoms in total. The zero-order chi connectivity index (χ0) is 9.42. The van der Waals surface area contributed by atoms with E-state index >= 15 is 0 Å². The van der Waals surface area contributed by atoms with E-state index in [0.717, 1.165) is 21.9 Å². The molecule has 13 heavy (non-hydrogen) atoms. The summed E-state index contributed by atoms with van der Waals surface area (Å²) in [5, 5.41) is 3.51. The second kappa shape index (κ2) is 3.03. The van der Waals surface area contributed by atoms with Crippen molar-refractivity contribution in [2.75, 3.05) is 0 Å². The molecule has 0 atom stereocenters. The highest BCUT2D eigenvalue weighted by molar-refractivity contribution is 9.10. The molecule has 4 heteroatoms. The van der Waals surface area contributed by atoms with Gasteiger partial charge in [-0.05, 0) is 25.1 Å². The predicted molar refractivity (Wildman–Crippen MR) is 55.9 cm³/mol. The first kappa shape index (κ1) is 8.56. The minimum Gasteiger partial charge on any atom is -0.285 e. The Morgan fingerprint density at radius 3 is 3.00 bits per heavy atom. The molecule has 2 rings (SSSR count). The summed E-state index contributed by atoms with van der Waals surface area (Å²) in [4.78, 5) is 11.4. The van der Waals surface area contributed by atoms with E-state index in [0.29, 0.717) is 0 Å². The highest BCUT2D eigenvalue weighted by Crippen LogP contribution is 2.16. The molecule has 0 saturated heterocycles. The van der Waals surface area contributed by atoms with Crippen LogP contribution in [0, 0.1) is 0 Å². The Morgan fingerprint density at radius 2 is 2.31 bits per heavy atom. The van der Waals surface area contributed by atoms with E-state index in [2.05, 4.69) is 21.0 Å². The van der Waals surface area contributed by atoms with Gasteiger partial charge in [0, 0.05) is 11.0 Å². The van der Waals surface area contributed by atoms with Gasteiger partial charge in [-0.15, -0.1) is 0 Å². The molecule has 2 aromatic rings. The van der Waals surface area contributed by atoms with Crippen LogP contribution in [0.4, 0.5) is 0 Å². The number of aryl methyl sites for hydroxylation is 1. The van der Waals surface area contributed by atoms with Crippen molar-refractivity contribution >= 4 is 26.8 Å². The highest BCUT2D eigenvalue weighted by atomic mass is 79.9.